The molecule has 0 saturated heterocycles. The number of anilines is 1. The zero-order chi connectivity index (χ0) is 13.8. The fourth-order valence-corrected chi connectivity index (χ4v) is 2.12. The van der Waals surface area contributed by atoms with Crippen molar-refractivity contribution in [3.63, 3.8) is 0 Å². The van der Waals surface area contributed by atoms with E-state index in [2.05, 4.69) is 5.32 Å². The topological polar surface area (TPSA) is 30.5 Å². The highest BCUT2D eigenvalue weighted by Crippen LogP contribution is 2.30. The zero-order valence-corrected chi connectivity index (χ0v) is 11.1. The van der Waals surface area contributed by atoms with E-state index in [0.717, 1.165) is 23.5 Å². The summed E-state index contributed by atoms with van der Waals surface area (Å²) < 4.78 is 24.7. The van der Waals surface area contributed by atoms with Crippen LogP contribution in [0.3, 0.4) is 0 Å². The van der Waals surface area contributed by atoms with Crippen molar-refractivity contribution >= 4 is 5.69 Å². The Morgan fingerprint density at radius 1 is 1.00 bits per heavy atom. The molecule has 4 heteroatoms. The van der Waals surface area contributed by atoms with Gasteiger partial charge in [0.05, 0.1) is 18.9 Å². The summed E-state index contributed by atoms with van der Waals surface area (Å²) in [5.74, 6) is 1.29. The lowest BCUT2D eigenvalue weighted by atomic mass is 10.2. The van der Waals surface area contributed by atoms with Gasteiger partial charge >= 0.3 is 0 Å². The molecular weight excluding hydrogens is 257 g/mol. The fraction of sp³-hybridized carbons (Fsp3) is 0.250. The molecule has 0 aliphatic carbocycles. The normalized spacial score (nSPS) is 13.7. The smallest absolute Gasteiger partial charge is 0.161 e. The number of hydrogen-bond acceptors (Lipinski definition) is 3. The van der Waals surface area contributed by atoms with E-state index in [1.807, 2.05) is 18.2 Å². The Hall–Kier alpha value is -2.23. The first kappa shape index (κ1) is 12.8. The van der Waals surface area contributed by atoms with E-state index < -0.39 is 0 Å². The summed E-state index contributed by atoms with van der Waals surface area (Å²) in [5, 5.41) is 3.08. The van der Waals surface area contributed by atoms with Crippen molar-refractivity contribution < 1.29 is 13.9 Å². The minimum atomic E-state index is -0.248. The molecule has 0 saturated carbocycles. The Morgan fingerprint density at radius 3 is 2.65 bits per heavy atom. The minimum Gasteiger partial charge on any atom is -0.490 e. The van der Waals surface area contributed by atoms with E-state index in [-0.39, 0.29) is 5.82 Å². The van der Waals surface area contributed by atoms with Crippen LogP contribution in [-0.2, 0) is 6.54 Å². The van der Waals surface area contributed by atoms with Gasteiger partial charge < -0.3 is 14.8 Å². The van der Waals surface area contributed by atoms with Gasteiger partial charge in [-0.2, -0.15) is 0 Å². The SMILES string of the molecule is Fc1ccccc1NCc1ccc2c(c1)OCCCO2. The summed E-state index contributed by atoms with van der Waals surface area (Å²) >= 11 is 0. The molecule has 2 aromatic carbocycles. The van der Waals surface area contributed by atoms with Crippen LogP contribution in [0.5, 0.6) is 11.5 Å². The Balaban J connectivity index is 1.72. The average molecular weight is 273 g/mol. The lowest BCUT2D eigenvalue weighted by Gasteiger charge is -2.11. The molecular formula is C16H16FNO2. The molecule has 1 N–H and O–H groups in total. The number of nitrogens with one attached hydrogen (secondary N) is 1. The second-order valence-corrected chi connectivity index (χ2v) is 4.66. The molecule has 1 heterocycles. The monoisotopic (exact) mass is 273 g/mol. The van der Waals surface area contributed by atoms with Crippen LogP contribution in [0.25, 0.3) is 0 Å². The van der Waals surface area contributed by atoms with Gasteiger partial charge in [0.1, 0.15) is 5.82 Å². The van der Waals surface area contributed by atoms with E-state index in [4.69, 9.17) is 9.47 Å². The third-order valence-electron chi connectivity index (χ3n) is 3.17. The lowest BCUT2D eigenvalue weighted by Crippen LogP contribution is -2.02. The number of benzene rings is 2. The van der Waals surface area contributed by atoms with Crippen molar-refractivity contribution in [3.8, 4) is 11.5 Å². The highest BCUT2D eigenvalue weighted by Gasteiger charge is 2.10. The maximum atomic E-state index is 13.5. The first-order chi connectivity index (χ1) is 9.83. The molecule has 0 amide bonds. The zero-order valence-electron chi connectivity index (χ0n) is 11.1. The predicted molar refractivity (Wildman–Crippen MR) is 75.8 cm³/mol. The average Bonchev–Trinajstić information content (AvgIpc) is 2.71. The van der Waals surface area contributed by atoms with Crippen LogP contribution in [0.15, 0.2) is 42.5 Å². The third kappa shape index (κ3) is 2.85. The predicted octanol–water partition coefficient (Wildman–Crippen LogP) is 3.60. The Morgan fingerprint density at radius 2 is 1.80 bits per heavy atom. The van der Waals surface area contributed by atoms with Gasteiger partial charge in [-0.05, 0) is 29.8 Å². The number of para-hydroxylation sites is 1. The molecule has 3 nitrogen and oxygen atoms in total. The van der Waals surface area contributed by atoms with Gasteiger partial charge in [0.15, 0.2) is 11.5 Å². The number of ether oxygens (including phenoxy) is 2. The number of halogens is 1. The molecule has 0 aromatic heterocycles. The van der Waals surface area contributed by atoms with Crippen molar-refractivity contribution in [1.82, 2.24) is 0 Å². The van der Waals surface area contributed by atoms with Crippen LogP contribution < -0.4 is 14.8 Å². The van der Waals surface area contributed by atoms with E-state index in [1.165, 1.54) is 6.07 Å². The van der Waals surface area contributed by atoms with Crippen molar-refractivity contribution in [3.05, 3.63) is 53.8 Å². The van der Waals surface area contributed by atoms with E-state index in [0.29, 0.717) is 25.4 Å². The molecule has 0 spiro atoms. The highest BCUT2D eigenvalue weighted by atomic mass is 19.1. The maximum absolute atomic E-state index is 13.5. The van der Waals surface area contributed by atoms with E-state index in [9.17, 15) is 4.39 Å². The molecule has 0 unspecified atom stereocenters. The second kappa shape index (κ2) is 5.82. The van der Waals surface area contributed by atoms with Crippen LogP contribution in [0, 0.1) is 5.82 Å². The summed E-state index contributed by atoms with van der Waals surface area (Å²) in [4.78, 5) is 0. The Labute approximate surface area is 117 Å². The van der Waals surface area contributed by atoms with Gasteiger partial charge in [-0.25, -0.2) is 4.39 Å². The standard InChI is InChI=1S/C16H16FNO2/c17-13-4-1-2-5-14(13)18-11-12-6-7-15-16(10-12)20-9-3-8-19-15/h1-2,4-7,10,18H,3,8-9,11H2. The van der Waals surface area contributed by atoms with E-state index in [1.54, 1.807) is 18.2 Å². The van der Waals surface area contributed by atoms with Crippen LogP contribution in [-0.4, -0.2) is 13.2 Å². The van der Waals surface area contributed by atoms with Crippen molar-refractivity contribution in [2.24, 2.45) is 0 Å². The molecule has 0 fully saturated rings. The van der Waals surface area contributed by atoms with Crippen molar-refractivity contribution in [1.29, 1.82) is 0 Å². The molecule has 1 aliphatic rings. The number of fused-ring (bicyclic) bond motifs is 1. The number of hydrogen-bond donors (Lipinski definition) is 1. The van der Waals surface area contributed by atoms with Crippen molar-refractivity contribution in [2.75, 3.05) is 18.5 Å². The summed E-state index contributed by atoms with van der Waals surface area (Å²) in [5.41, 5.74) is 1.53. The maximum Gasteiger partial charge on any atom is 0.161 e. The summed E-state index contributed by atoms with van der Waals surface area (Å²) in [6.07, 6.45) is 0.886. The van der Waals surface area contributed by atoms with Crippen LogP contribution >= 0.6 is 0 Å². The molecule has 20 heavy (non-hydrogen) atoms. The molecule has 0 atom stereocenters. The Kier molecular flexibility index (Phi) is 3.72. The first-order valence-electron chi connectivity index (χ1n) is 6.70. The van der Waals surface area contributed by atoms with Crippen LogP contribution in [0.2, 0.25) is 0 Å². The van der Waals surface area contributed by atoms with E-state index >= 15 is 0 Å². The molecule has 0 radical (unpaired) electrons. The highest BCUT2D eigenvalue weighted by molar-refractivity contribution is 5.47. The second-order valence-electron chi connectivity index (χ2n) is 4.66. The number of rotatable bonds is 3. The molecule has 3 rings (SSSR count). The largest absolute Gasteiger partial charge is 0.490 e. The summed E-state index contributed by atoms with van der Waals surface area (Å²) in [7, 11) is 0. The van der Waals surface area contributed by atoms with Gasteiger partial charge in [0.25, 0.3) is 0 Å². The minimum absolute atomic E-state index is 0.248. The Bertz CT molecular complexity index is 601. The molecule has 1 aliphatic heterocycles. The summed E-state index contributed by atoms with van der Waals surface area (Å²) in [6, 6.07) is 12.4. The molecule has 2 aromatic rings. The fourth-order valence-electron chi connectivity index (χ4n) is 2.12. The van der Waals surface area contributed by atoms with Crippen molar-refractivity contribution in [2.45, 2.75) is 13.0 Å². The van der Waals surface area contributed by atoms with Gasteiger partial charge in [-0.1, -0.05) is 18.2 Å². The van der Waals surface area contributed by atoms with Gasteiger partial charge in [0.2, 0.25) is 0 Å². The third-order valence-corrected chi connectivity index (χ3v) is 3.17. The molecule has 104 valence electrons. The van der Waals surface area contributed by atoms with Gasteiger partial charge in [-0.15, -0.1) is 0 Å². The quantitative estimate of drug-likeness (QED) is 0.927. The first-order valence-corrected chi connectivity index (χ1v) is 6.70. The summed E-state index contributed by atoms with van der Waals surface area (Å²) in [6.45, 7) is 1.88. The van der Waals surface area contributed by atoms with Gasteiger partial charge in [-0.3, -0.25) is 0 Å². The molecule has 0 bridgehead atoms. The van der Waals surface area contributed by atoms with Gasteiger partial charge in [0, 0.05) is 13.0 Å². The van der Waals surface area contributed by atoms with Crippen LogP contribution in [0.4, 0.5) is 10.1 Å². The van der Waals surface area contributed by atoms with Crippen LogP contribution in [0.1, 0.15) is 12.0 Å². The lowest BCUT2D eigenvalue weighted by molar-refractivity contribution is 0.297.